The number of imidazole rings is 1. The molecule has 1 aromatic carbocycles. The summed E-state index contributed by atoms with van der Waals surface area (Å²) in [5, 5.41) is 10.8. The second-order valence-corrected chi connectivity index (χ2v) is 14.8. The first kappa shape index (κ1) is 31.6. The Bertz CT molecular complexity index is 1790. The Morgan fingerprint density at radius 2 is 1.66 bits per heavy atom. The van der Waals surface area contributed by atoms with Crippen LogP contribution in [0.25, 0.3) is 28.4 Å². The van der Waals surface area contributed by atoms with E-state index in [0.717, 1.165) is 12.8 Å². The number of halogens is 1. The van der Waals surface area contributed by atoms with E-state index in [1.165, 1.54) is 11.3 Å². The van der Waals surface area contributed by atoms with Gasteiger partial charge in [-0.2, -0.15) is 0 Å². The highest BCUT2D eigenvalue weighted by Gasteiger charge is 2.50. The van der Waals surface area contributed by atoms with Gasteiger partial charge in [0.25, 0.3) is 5.56 Å². The van der Waals surface area contributed by atoms with Crippen molar-refractivity contribution in [3.05, 3.63) is 63.6 Å². The molecule has 1 saturated carbocycles. The Labute approximate surface area is 262 Å². The molecule has 0 spiro atoms. The number of hydrogen-bond acceptors (Lipinski definition) is 7. The van der Waals surface area contributed by atoms with Crippen LogP contribution >= 0.6 is 11.6 Å². The van der Waals surface area contributed by atoms with Crippen LogP contribution in [0.15, 0.2) is 47.8 Å². The molecule has 5 rings (SSSR count). The molecule has 0 amide bonds. The number of hydrogen-bond donors (Lipinski definition) is 2. The lowest BCUT2D eigenvalue weighted by Crippen LogP contribution is -2.48. The molecule has 0 bridgehead atoms. The topological polar surface area (TPSA) is 125 Å². The van der Waals surface area contributed by atoms with Crippen molar-refractivity contribution in [3.8, 4) is 22.7 Å². The minimum absolute atomic E-state index is 0.0651. The molecule has 0 radical (unpaired) electrons. The molecule has 0 aliphatic heterocycles. The molecule has 2 unspecified atom stereocenters. The molecule has 10 heteroatoms. The van der Waals surface area contributed by atoms with Crippen LogP contribution in [0.1, 0.15) is 68.2 Å². The summed E-state index contributed by atoms with van der Waals surface area (Å²) in [6.07, 6.45) is 6.63. The number of aromatic nitrogens is 4. The summed E-state index contributed by atoms with van der Waals surface area (Å²) >= 11 is 6.26. The Kier molecular flexibility index (Phi) is 8.08. The minimum Gasteiger partial charge on any atom is -0.512 e. The van der Waals surface area contributed by atoms with Gasteiger partial charge in [-0.05, 0) is 66.0 Å². The molecular formula is C34H42ClN5O4. The summed E-state index contributed by atoms with van der Waals surface area (Å²) in [6, 6.07) is 7.05. The number of benzene rings is 1. The van der Waals surface area contributed by atoms with Crippen LogP contribution in [0.3, 0.4) is 0 Å². The predicted octanol–water partition coefficient (Wildman–Crippen LogP) is 6.46. The number of nitrogens with two attached hydrogens (primary N) is 1. The molecule has 0 saturated heterocycles. The third kappa shape index (κ3) is 5.58. The quantitative estimate of drug-likeness (QED) is 0.251. The first-order chi connectivity index (χ1) is 20.5. The average Bonchev–Trinajstić information content (AvgIpc) is 3.54. The summed E-state index contributed by atoms with van der Waals surface area (Å²) in [6.45, 7) is 16.7. The molecule has 4 aromatic rings. The number of nitrogen functional groups attached to an aromatic ring is 1. The smallest absolute Gasteiger partial charge is 0.315 e. The molecule has 3 aromatic heterocycles. The van der Waals surface area contributed by atoms with Gasteiger partial charge in [-0.15, -0.1) is 0 Å². The van der Waals surface area contributed by atoms with Gasteiger partial charge in [0.15, 0.2) is 11.4 Å². The van der Waals surface area contributed by atoms with Crippen molar-refractivity contribution in [2.45, 2.75) is 68.2 Å². The van der Waals surface area contributed by atoms with E-state index in [2.05, 4.69) is 58.4 Å². The fourth-order valence-electron chi connectivity index (χ4n) is 6.97. The van der Waals surface area contributed by atoms with Gasteiger partial charge in [0.2, 0.25) is 0 Å². The van der Waals surface area contributed by atoms with Crippen molar-refractivity contribution in [2.75, 3.05) is 5.73 Å². The summed E-state index contributed by atoms with van der Waals surface area (Å²) < 4.78 is 9.48. The van der Waals surface area contributed by atoms with E-state index in [1.54, 1.807) is 47.6 Å². The molecule has 1 fully saturated rings. The van der Waals surface area contributed by atoms with Gasteiger partial charge in [0.05, 0.1) is 11.5 Å². The van der Waals surface area contributed by atoms with Crippen LogP contribution < -0.4 is 21.2 Å². The van der Waals surface area contributed by atoms with Gasteiger partial charge in [0, 0.05) is 17.4 Å². The van der Waals surface area contributed by atoms with Gasteiger partial charge in [-0.1, -0.05) is 72.2 Å². The van der Waals surface area contributed by atoms with Crippen LogP contribution in [0.5, 0.6) is 5.75 Å². The van der Waals surface area contributed by atoms with E-state index in [1.807, 2.05) is 0 Å². The van der Waals surface area contributed by atoms with Crippen LogP contribution in [0.2, 0.25) is 5.02 Å². The number of rotatable bonds is 4. The number of ether oxygens (including phenoxy) is 1. The van der Waals surface area contributed by atoms with Crippen LogP contribution in [-0.2, 0) is 4.79 Å². The number of nitrogens with zero attached hydrogens (tertiary/aromatic N) is 4. The number of esters is 1. The monoisotopic (exact) mass is 619 g/mol. The molecule has 1 aliphatic carbocycles. The lowest BCUT2D eigenvalue weighted by atomic mass is 9.55. The summed E-state index contributed by atoms with van der Waals surface area (Å²) in [7, 11) is 0. The predicted molar refractivity (Wildman–Crippen MR) is 174 cm³/mol. The fraction of sp³-hybridized carbons (Fsp3) is 0.471. The zero-order chi connectivity index (χ0) is 32.3. The first-order valence-electron chi connectivity index (χ1n) is 15.0. The van der Waals surface area contributed by atoms with Gasteiger partial charge in [-0.3, -0.25) is 14.2 Å². The number of carbonyl (C=O) groups excluding carboxylic acids is 1. The van der Waals surface area contributed by atoms with Crippen molar-refractivity contribution < 1.29 is 14.6 Å². The Hall–Kier alpha value is -3.85. The normalized spacial score (nSPS) is 21.8. The number of aliphatic hydroxyl groups excluding tert-OH is 1. The van der Waals surface area contributed by atoms with Crippen molar-refractivity contribution in [1.29, 1.82) is 0 Å². The zero-order valence-corrected chi connectivity index (χ0v) is 27.4. The second kappa shape index (κ2) is 11.3. The Morgan fingerprint density at radius 1 is 1.07 bits per heavy atom. The van der Waals surface area contributed by atoms with Gasteiger partial charge in [-0.25, -0.2) is 14.4 Å². The molecular weight excluding hydrogens is 578 g/mol. The van der Waals surface area contributed by atoms with Crippen molar-refractivity contribution >= 4 is 34.8 Å². The zero-order valence-electron chi connectivity index (χ0n) is 26.7. The number of fused-ring (bicyclic) bond motifs is 1. The summed E-state index contributed by atoms with van der Waals surface area (Å²) in [5.41, 5.74) is 6.53. The van der Waals surface area contributed by atoms with Crippen molar-refractivity contribution in [1.82, 2.24) is 18.9 Å². The number of carbonyl (C=O) groups is 1. The lowest BCUT2D eigenvalue weighted by molar-refractivity contribution is -0.152. The van der Waals surface area contributed by atoms with E-state index < -0.39 is 11.5 Å². The minimum atomic E-state index is -0.597. The third-order valence-electron chi connectivity index (χ3n) is 9.10. The Balaban J connectivity index is 1.83. The number of anilines is 1. The standard InChI is InChI=1S/C34H42ClN5O4/c1-18-15-22(33(3,4)5)26(23(16-18)34(6,7)8)32(43)44-27-25(20-9-11-21(35)12-10-20)30(39-14-13-37-17-39)40-29(27)38-28(36)24(19(2)41)31(40)42/h9-14,17-18,22-23,26,41H,15-16H2,1-8H3,(H2,36,38)/b24-19-. The molecule has 2 atom stereocenters. The molecule has 9 nitrogen and oxygen atoms in total. The molecule has 3 heterocycles. The second-order valence-electron chi connectivity index (χ2n) is 14.4. The van der Waals surface area contributed by atoms with E-state index in [-0.39, 0.29) is 56.8 Å². The van der Waals surface area contributed by atoms with Gasteiger partial charge in [0.1, 0.15) is 28.9 Å². The SMILES string of the molecule is C/C(O)=c1\c(N)nc2c(OC(=O)C3C(C(C)(C)C)CC(C)CC3C(C)(C)C)c(-c3ccc(Cl)cc3)c(-n3ccnc3)n2c1=O. The average molecular weight is 620 g/mol. The fourth-order valence-corrected chi connectivity index (χ4v) is 7.10. The highest BCUT2D eigenvalue weighted by Crippen LogP contribution is 2.53. The maximum atomic E-state index is 14.7. The van der Waals surface area contributed by atoms with E-state index in [0.29, 0.717) is 27.9 Å². The summed E-state index contributed by atoms with van der Waals surface area (Å²) in [5.74, 6) is -0.136. The summed E-state index contributed by atoms with van der Waals surface area (Å²) in [4.78, 5) is 37.4. The van der Waals surface area contributed by atoms with Crippen molar-refractivity contribution in [2.24, 2.45) is 34.5 Å². The van der Waals surface area contributed by atoms with Crippen LogP contribution in [0, 0.1) is 34.5 Å². The Morgan fingerprint density at radius 3 is 2.16 bits per heavy atom. The van der Waals surface area contributed by atoms with E-state index in [9.17, 15) is 14.7 Å². The maximum Gasteiger partial charge on any atom is 0.315 e. The van der Waals surface area contributed by atoms with E-state index in [4.69, 9.17) is 22.1 Å². The maximum absolute atomic E-state index is 14.7. The van der Waals surface area contributed by atoms with Crippen molar-refractivity contribution in [3.63, 3.8) is 0 Å². The third-order valence-corrected chi connectivity index (χ3v) is 9.35. The highest BCUT2D eigenvalue weighted by molar-refractivity contribution is 6.30. The first-order valence-corrected chi connectivity index (χ1v) is 15.4. The molecule has 234 valence electrons. The van der Waals surface area contributed by atoms with Crippen LogP contribution in [-0.4, -0.2) is 30.0 Å². The lowest BCUT2D eigenvalue weighted by Gasteiger charge is -2.49. The highest BCUT2D eigenvalue weighted by atomic mass is 35.5. The molecule has 3 N–H and O–H groups in total. The van der Waals surface area contributed by atoms with Gasteiger partial charge >= 0.3 is 5.97 Å². The van der Waals surface area contributed by atoms with E-state index >= 15 is 0 Å². The molecule has 44 heavy (non-hydrogen) atoms. The number of aliphatic hydroxyl groups is 1. The molecule has 1 aliphatic rings. The van der Waals surface area contributed by atoms with Crippen LogP contribution in [0.4, 0.5) is 5.82 Å². The largest absolute Gasteiger partial charge is 0.512 e. The van der Waals surface area contributed by atoms with Gasteiger partial charge < -0.3 is 15.6 Å².